The molecule has 0 amide bonds. The fourth-order valence-corrected chi connectivity index (χ4v) is 2.45. The number of piperidine rings is 1. The molecule has 100 valence electrons. The monoisotopic (exact) mass is 249 g/mol. The summed E-state index contributed by atoms with van der Waals surface area (Å²) in [6, 6.07) is 6.82. The highest BCUT2D eigenvalue weighted by atomic mass is 16.3. The highest BCUT2D eigenvalue weighted by molar-refractivity contribution is 5.38. The second-order valence-electron chi connectivity index (χ2n) is 4.90. The first kappa shape index (κ1) is 13.3. The van der Waals surface area contributed by atoms with Crippen LogP contribution in [0.25, 0.3) is 0 Å². The Labute approximate surface area is 109 Å². The van der Waals surface area contributed by atoms with Gasteiger partial charge in [0, 0.05) is 31.4 Å². The van der Waals surface area contributed by atoms with Gasteiger partial charge in [0.05, 0.1) is 6.61 Å². The zero-order valence-electron chi connectivity index (χ0n) is 11.0. The highest BCUT2D eigenvalue weighted by Crippen LogP contribution is 2.17. The van der Waals surface area contributed by atoms with Gasteiger partial charge in [-0.1, -0.05) is 13.0 Å². The maximum Gasteiger partial charge on any atom is 0.128 e. The number of hydrogen-bond donors (Lipinski definition) is 2. The molecule has 0 radical (unpaired) electrons. The van der Waals surface area contributed by atoms with E-state index in [9.17, 15) is 5.11 Å². The molecule has 18 heavy (non-hydrogen) atoms. The van der Waals surface area contributed by atoms with E-state index in [4.69, 9.17) is 0 Å². The Morgan fingerprint density at radius 2 is 2.22 bits per heavy atom. The molecule has 1 aromatic rings. The average molecular weight is 249 g/mol. The Bertz CT molecular complexity index is 332. The molecule has 1 fully saturated rings. The summed E-state index contributed by atoms with van der Waals surface area (Å²) in [6.07, 6.45) is 5.07. The Morgan fingerprint density at radius 3 is 2.78 bits per heavy atom. The van der Waals surface area contributed by atoms with Crippen LogP contribution in [0.1, 0.15) is 26.2 Å². The minimum atomic E-state index is 0.233. The van der Waals surface area contributed by atoms with Crippen LogP contribution in [-0.2, 0) is 0 Å². The highest BCUT2D eigenvalue weighted by Gasteiger charge is 2.21. The van der Waals surface area contributed by atoms with E-state index in [0.29, 0.717) is 6.04 Å². The summed E-state index contributed by atoms with van der Waals surface area (Å²) in [5, 5.41) is 12.7. The van der Waals surface area contributed by atoms with Gasteiger partial charge in [-0.2, -0.15) is 0 Å². The minimum absolute atomic E-state index is 0.233. The van der Waals surface area contributed by atoms with Gasteiger partial charge in [-0.3, -0.25) is 0 Å². The molecule has 2 heterocycles. The molecule has 1 aliphatic rings. The maximum atomic E-state index is 9.20. The Kier molecular flexibility index (Phi) is 4.96. The van der Waals surface area contributed by atoms with Crippen LogP contribution in [-0.4, -0.2) is 41.9 Å². The molecular weight excluding hydrogens is 226 g/mol. The first-order valence-electron chi connectivity index (χ1n) is 6.86. The minimum Gasteiger partial charge on any atom is -0.395 e. The predicted octanol–water partition coefficient (Wildman–Crippen LogP) is 1.41. The van der Waals surface area contributed by atoms with Crippen LogP contribution in [0.15, 0.2) is 24.4 Å². The number of anilines is 1. The molecule has 1 atom stereocenters. The number of nitrogens with one attached hydrogen (secondary N) is 1. The number of nitrogens with zero attached hydrogens (tertiary/aromatic N) is 2. The third kappa shape index (κ3) is 3.43. The normalized spacial score (nSPS) is 18.9. The first-order chi connectivity index (χ1) is 8.83. The smallest absolute Gasteiger partial charge is 0.128 e. The molecule has 0 bridgehead atoms. The standard InChI is InChI=1S/C14H23N3O/c1-2-12(11-18)16-13-6-9-17(10-7-13)14-5-3-4-8-15-14/h3-5,8,12-13,16,18H,2,6-7,9-11H2,1H3/t12-/m0/s1. The van der Waals surface area contributed by atoms with Crippen molar-refractivity contribution in [3.05, 3.63) is 24.4 Å². The van der Waals surface area contributed by atoms with Gasteiger partial charge in [-0.25, -0.2) is 4.98 Å². The van der Waals surface area contributed by atoms with Crippen molar-refractivity contribution in [2.45, 2.75) is 38.3 Å². The molecule has 4 heteroatoms. The lowest BCUT2D eigenvalue weighted by Gasteiger charge is -2.34. The molecule has 0 aliphatic carbocycles. The topological polar surface area (TPSA) is 48.4 Å². The molecule has 0 saturated carbocycles. The van der Waals surface area contributed by atoms with E-state index in [2.05, 4.69) is 28.2 Å². The van der Waals surface area contributed by atoms with Gasteiger partial charge in [-0.05, 0) is 31.4 Å². The van der Waals surface area contributed by atoms with Crippen LogP contribution in [0, 0.1) is 0 Å². The quantitative estimate of drug-likeness (QED) is 0.828. The summed E-state index contributed by atoms with van der Waals surface area (Å²) < 4.78 is 0. The van der Waals surface area contributed by atoms with Gasteiger partial charge in [0.2, 0.25) is 0 Å². The van der Waals surface area contributed by atoms with Crippen LogP contribution in [0.3, 0.4) is 0 Å². The van der Waals surface area contributed by atoms with Gasteiger partial charge in [0.25, 0.3) is 0 Å². The van der Waals surface area contributed by atoms with Crippen molar-refractivity contribution in [2.24, 2.45) is 0 Å². The number of hydrogen-bond acceptors (Lipinski definition) is 4. The number of aromatic nitrogens is 1. The van der Waals surface area contributed by atoms with Crippen molar-refractivity contribution in [3.8, 4) is 0 Å². The van der Waals surface area contributed by atoms with Crippen molar-refractivity contribution in [3.63, 3.8) is 0 Å². The molecule has 1 saturated heterocycles. The molecule has 0 unspecified atom stereocenters. The summed E-state index contributed by atoms with van der Waals surface area (Å²) in [5.41, 5.74) is 0. The first-order valence-corrected chi connectivity index (χ1v) is 6.86. The third-order valence-corrected chi connectivity index (χ3v) is 3.65. The van der Waals surface area contributed by atoms with E-state index < -0.39 is 0 Å². The fraction of sp³-hybridized carbons (Fsp3) is 0.643. The molecule has 4 nitrogen and oxygen atoms in total. The summed E-state index contributed by atoms with van der Waals surface area (Å²) >= 11 is 0. The molecule has 0 aromatic carbocycles. The van der Waals surface area contributed by atoms with Gasteiger partial charge in [0.1, 0.15) is 5.82 Å². The fourth-order valence-electron chi connectivity index (χ4n) is 2.45. The zero-order chi connectivity index (χ0) is 12.8. The van der Waals surface area contributed by atoms with Crippen molar-refractivity contribution >= 4 is 5.82 Å². The molecule has 2 rings (SSSR count). The van der Waals surface area contributed by atoms with Crippen molar-refractivity contribution in [2.75, 3.05) is 24.6 Å². The van der Waals surface area contributed by atoms with Gasteiger partial charge in [0.15, 0.2) is 0 Å². The van der Waals surface area contributed by atoms with E-state index in [1.807, 2.05) is 18.3 Å². The van der Waals surface area contributed by atoms with Crippen LogP contribution in [0.4, 0.5) is 5.82 Å². The number of aliphatic hydroxyl groups excluding tert-OH is 1. The van der Waals surface area contributed by atoms with Gasteiger partial charge >= 0.3 is 0 Å². The van der Waals surface area contributed by atoms with Crippen LogP contribution in [0.5, 0.6) is 0 Å². The lowest BCUT2D eigenvalue weighted by atomic mass is 10.0. The second-order valence-corrected chi connectivity index (χ2v) is 4.90. The SMILES string of the molecule is CC[C@@H](CO)NC1CCN(c2ccccn2)CC1. The van der Waals surface area contributed by atoms with E-state index in [1.54, 1.807) is 0 Å². The lowest BCUT2D eigenvalue weighted by Crippen LogP contribution is -2.47. The summed E-state index contributed by atoms with van der Waals surface area (Å²) in [5.74, 6) is 1.07. The molecule has 1 aliphatic heterocycles. The predicted molar refractivity (Wildman–Crippen MR) is 73.8 cm³/mol. The molecule has 2 N–H and O–H groups in total. The van der Waals surface area contributed by atoms with E-state index >= 15 is 0 Å². The summed E-state index contributed by atoms with van der Waals surface area (Å²) in [7, 11) is 0. The van der Waals surface area contributed by atoms with Crippen molar-refractivity contribution < 1.29 is 5.11 Å². The number of aliphatic hydroxyl groups is 1. The summed E-state index contributed by atoms with van der Waals surface area (Å²) in [6.45, 7) is 4.42. The van der Waals surface area contributed by atoms with Crippen LogP contribution in [0.2, 0.25) is 0 Å². The average Bonchev–Trinajstić information content (AvgIpc) is 2.46. The Morgan fingerprint density at radius 1 is 1.44 bits per heavy atom. The molecular formula is C14H23N3O. The van der Waals surface area contributed by atoms with Crippen molar-refractivity contribution in [1.29, 1.82) is 0 Å². The molecule has 0 spiro atoms. The number of pyridine rings is 1. The zero-order valence-corrected chi connectivity index (χ0v) is 11.0. The summed E-state index contributed by atoms with van der Waals surface area (Å²) in [4.78, 5) is 6.72. The van der Waals surface area contributed by atoms with E-state index in [1.165, 1.54) is 0 Å². The van der Waals surface area contributed by atoms with Gasteiger partial charge in [-0.15, -0.1) is 0 Å². The third-order valence-electron chi connectivity index (χ3n) is 3.65. The van der Waals surface area contributed by atoms with Crippen LogP contribution >= 0.6 is 0 Å². The van der Waals surface area contributed by atoms with Crippen LogP contribution < -0.4 is 10.2 Å². The Hall–Kier alpha value is -1.13. The molecule has 1 aromatic heterocycles. The second kappa shape index (κ2) is 6.71. The van der Waals surface area contributed by atoms with Crippen molar-refractivity contribution in [1.82, 2.24) is 10.3 Å². The maximum absolute atomic E-state index is 9.20. The van der Waals surface area contributed by atoms with E-state index in [0.717, 1.165) is 38.2 Å². The number of rotatable bonds is 5. The lowest BCUT2D eigenvalue weighted by molar-refractivity contribution is 0.220. The largest absolute Gasteiger partial charge is 0.395 e. The Balaban J connectivity index is 1.81. The van der Waals surface area contributed by atoms with Gasteiger partial charge < -0.3 is 15.3 Å². The van der Waals surface area contributed by atoms with E-state index in [-0.39, 0.29) is 12.6 Å².